The van der Waals surface area contributed by atoms with Crippen LogP contribution in [0.3, 0.4) is 0 Å². The lowest BCUT2D eigenvalue weighted by atomic mass is 9.93. The van der Waals surface area contributed by atoms with Crippen molar-refractivity contribution in [3.63, 3.8) is 0 Å². The van der Waals surface area contributed by atoms with E-state index >= 15 is 0 Å². The minimum absolute atomic E-state index is 0.0144. The van der Waals surface area contributed by atoms with Gasteiger partial charge in [0.25, 0.3) is 0 Å². The Balaban J connectivity index is 2.28. The highest BCUT2D eigenvalue weighted by molar-refractivity contribution is 4.83. The second-order valence-electron chi connectivity index (χ2n) is 6.34. The average Bonchev–Trinajstić information content (AvgIpc) is 2.35. The van der Waals surface area contributed by atoms with E-state index in [1.54, 1.807) is 0 Å². The molecule has 2 unspecified atom stereocenters. The van der Waals surface area contributed by atoms with Gasteiger partial charge < -0.3 is 15.0 Å². The molecule has 2 atom stereocenters. The number of likely N-dealkylation sites (tertiary alicyclic amines) is 1. The summed E-state index contributed by atoms with van der Waals surface area (Å²) in [6.07, 6.45) is 3.63. The molecule has 0 radical (unpaired) electrons. The molecule has 0 spiro atoms. The van der Waals surface area contributed by atoms with Crippen molar-refractivity contribution in [1.82, 2.24) is 10.2 Å². The van der Waals surface area contributed by atoms with Gasteiger partial charge in [0.1, 0.15) is 0 Å². The fraction of sp³-hybridized carbons (Fsp3) is 1.00. The first-order chi connectivity index (χ1) is 8.48. The fourth-order valence-corrected chi connectivity index (χ4v) is 2.60. The summed E-state index contributed by atoms with van der Waals surface area (Å²) in [5.74, 6) is 0.760. The van der Waals surface area contributed by atoms with Gasteiger partial charge >= 0.3 is 0 Å². The van der Waals surface area contributed by atoms with Gasteiger partial charge in [-0.05, 0) is 52.1 Å². The first-order valence-corrected chi connectivity index (χ1v) is 7.49. The van der Waals surface area contributed by atoms with Crippen LogP contribution in [0.5, 0.6) is 0 Å². The SMILES string of the molecule is CCCNC1CCN(CCC(C)(C)OC)CC1C. The average molecular weight is 256 g/mol. The van der Waals surface area contributed by atoms with Crippen LogP contribution in [0.4, 0.5) is 0 Å². The van der Waals surface area contributed by atoms with Gasteiger partial charge in [-0.3, -0.25) is 0 Å². The molecule has 0 aromatic heterocycles. The third-order valence-electron chi connectivity index (χ3n) is 4.23. The van der Waals surface area contributed by atoms with Crippen LogP contribution in [0.25, 0.3) is 0 Å². The quantitative estimate of drug-likeness (QED) is 0.757. The van der Waals surface area contributed by atoms with Crippen molar-refractivity contribution in [2.45, 2.75) is 58.6 Å². The monoisotopic (exact) mass is 256 g/mol. The number of hydrogen-bond donors (Lipinski definition) is 1. The Morgan fingerprint density at radius 1 is 1.39 bits per heavy atom. The van der Waals surface area contributed by atoms with Crippen LogP contribution in [0.2, 0.25) is 0 Å². The van der Waals surface area contributed by atoms with Gasteiger partial charge in [-0.2, -0.15) is 0 Å². The minimum atomic E-state index is 0.0144. The Labute approximate surface area is 113 Å². The van der Waals surface area contributed by atoms with Crippen LogP contribution in [0.1, 0.15) is 47.0 Å². The van der Waals surface area contributed by atoms with Gasteiger partial charge in [0, 0.05) is 26.2 Å². The molecule has 1 rings (SSSR count). The van der Waals surface area contributed by atoms with Gasteiger partial charge in [-0.1, -0.05) is 13.8 Å². The maximum absolute atomic E-state index is 5.49. The van der Waals surface area contributed by atoms with Crippen molar-refractivity contribution in [2.24, 2.45) is 5.92 Å². The summed E-state index contributed by atoms with van der Waals surface area (Å²) in [6.45, 7) is 13.7. The minimum Gasteiger partial charge on any atom is -0.379 e. The van der Waals surface area contributed by atoms with Gasteiger partial charge in [-0.25, -0.2) is 0 Å². The number of nitrogens with one attached hydrogen (secondary N) is 1. The third-order valence-corrected chi connectivity index (χ3v) is 4.23. The molecule has 1 N–H and O–H groups in total. The second-order valence-corrected chi connectivity index (χ2v) is 6.34. The predicted octanol–water partition coefficient (Wildman–Crippen LogP) is 2.51. The Morgan fingerprint density at radius 3 is 2.67 bits per heavy atom. The van der Waals surface area contributed by atoms with Crippen molar-refractivity contribution in [2.75, 3.05) is 33.3 Å². The molecule has 0 saturated carbocycles. The molecule has 0 bridgehead atoms. The summed E-state index contributed by atoms with van der Waals surface area (Å²) in [6, 6.07) is 0.719. The zero-order valence-corrected chi connectivity index (χ0v) is 13.0. The van der Waals surface area contributed by atoms with E-state index in [1.807, 2.05) is 7.11 Å². The van der Waals surface area contributed by atoms with E-state index in [0.29, 0.717) is 0 Å². The van der Waals surface area contributed by atoms with E-state index in [0.717, 1.165) is 31.5 Å². The van der Waals surface area contributed by atoms with E-state index < -0.39 is 0 Å². The van der Waals surface area contributed by atoms with Crippen molar-refractivity contribution in [3.8, 4) is 0 Å². The van der Waals surface area contributed by atoms with Gasteiger partial charge in [0.05, 0.1) is 5.60 Å². The van der Waals surface area contributed by atoms with Crippen molar-refractivity contribution >= 4 is 0 Å². The van der Waals surface area contributed by atoms with Gasteiger partial charge in [0.2, 0.25) is 0 Å². The highest BCUT2D eigenvalue weighted by Gasteiger charge is 2.26. The molecular weight excluding hydrogens is 224 g/mol. The van der Waals surface area contributed by atoms with E-state index in [2.05, 4.69) is 37.9 Å². The molecule has 1 heterocycles. The fourth-order valence-electron chi connectivity index (χ4n) is 2.60. The van der Waals surface area contributed by atoms with Crippen LogP contribution in [0.15, 0.2) is 0 Å². The lowest BCUT2D eigenvalue weighted by Crippen LogP contribution is -2.49. The van der Waals surface area contributed by atoms with Crippen LogP contribution in [-0.2, 0) is 4.74 Å². The van der Waals surface area contributed by atoms with Crippen molar-refractivity contribution in [1.29, 1.82) is 0 Å². The molecule has 18 heavy (non-hydrogen) atoms. The smallest absolute Gasteiger partial charge is 0.0634 e. The summed E-state index contributed by atoms with van der Waals surface area (Å²) >= 11 is 0. The molecule has 1 aliphatic rings. The highest BCUT2D eigenvalue weighted by Crippen LogP contribution is 2.20. The van der Waals surface area contributed by atoms with E-state index in [-0.39, 0.29) is 5.60 Å². The molecule has 1 saturated heterocycles. The molecule has 108 valence electrons. The summed E-state index contributed by atoms with van der Waals surface area (Å²) in [5, 5.41) is 3.67. The number of methoxy groups -OCH3 is 1. The van der Waals surface area contributed by atoms with Crippen LogP contribution in [0, 0.1) is 5.92 Å². The second kappa shape index (κ2) is 7.46. The molecule has 0 amide bonds. The first-order valence-electron chi connectivity index (χ1n) is 7.49. The van der Waals surface area contributed by atoms with E-state index in [1.165, 1.54) is 25.9 Å². The van der Waals surface area contributed by atoms with Gasteiger partial charge in [0.15, 0.2) is 0 Å². The molecule has 3 heteroatoms. The molecule has 1 fully saturated rings. The van der Waals surface area contributed by atoms with Crippen molar-refractivity contribution in [3.05, 3.63) is 0 Å². The number of piperidine rings is 1. The normalized spacial score (nSPS) is 26.5. The highest BCUT2D eigenvalue weighted by atomic mass is 16.5. The zero-order chi connectivity index (χ0) is 13.6. The Bertz CT molecular complexity index is 231. The van der Waals surface area contributed by atoms with Crippen LogP contribution in [-0.4, -0.2) is 49.8 Å². The Kier molecular flexibility index (Phi) is 6.61. The first kappa shape index (κ1) is 15.9. The number of nitrogens with zero attached hydrogens (tertiary/aromatic N) is 1. The number of hydrogen-bond acceptors (Lipinski definition) is 3. The molecule has 0 aromatic rings. The maximum Gasteiger partial charge on any atom is 0.0634 e. The van der Waals surface area contributed by atoms with Crippen molar-refractivity contribution < 1.29 is 4.74 Å². The summed E-state index contributed by atoms with van der Waals surface area (Å²) in [4.78, 5) is 2.59. The maximum atomic E-state index is 5.49. The largest absolute Gasteiger partial charge is 0.379 e. The topological polar surface area (TPSA) is 24.5 Å². The van der Waals surface area contributed by atoms with Crippen LogP contribution >= 0.6 is 0 Å². The molecule has 0 aromatic carbocycles. The van der Waals surface area contributed by atoms with E-state index in [4.69, 9.17) is 4.74 Å². The standard InChI is InChI=1S/C15H32N2O/c1-6-9-16-14-7-10-17(12-13(14)2)11-8-15(3,4)18-5/h13-14,16H,6-12H2,1-5H3. The lowest BCUT2D eigenvalue weighted by molar-refractivity contribution is 0.00320. The number of rotatable bonds is 7. The number of ether oxygens (including phenoxy) is 1. The summed E-state index contributed by atoms with van der Waals surface area (Å²) < 4.78 is 5.49. The van der Waals surface area contributed by atoms with E-state index in [9.17, 15) is 0 Å². The molecule has 0 aliphatic carbocycles. The zero-order valence-electron chi connectivity index (χ0n) is 13.0. The van der Waals surface area contributed by atoms with Crippen LogP contribution < -0.4 is 5.32 Å². The van der Waals surface area contributed by atoms with Gasteiger partial charge in [-0.15, -0.1) is 0 Å². The Hall–Kier alpha value is -0.120. The predicted molar refractivity (Wildman–Crippen MR) is 78.0 cm³/mol. The molecule has 3 nitrogen and oxygen atoms in total. The summed E-state index contributed by atoms with van der Waals surface area (Å²) in [7, 11) is 1.81. The summed E-state index contributed by atoms with van der Waals surface area (Å²) in [5.41, 5.74) is 0.0144. The lowest BCUT2D eigenvalue weighted by Gasteiger charge is -2.38. The molecule has 1 aliphatic heterocycles. The Morgan fingerprint density at radius 2 is 2.11 bits per heavy atom. The third kappa shape index (κ3) is 5.25. The molecular formula is C15H32N2O.